The second-order valence-electron chi connectivity index (χ2n) is 1.88. The molecular weight excluding hydrogens is 225 g/mol. The highest BCUT2D eigenvalue weighted by molar-refractivity contribution is 8.13. The van der Waals surface area contributed by atoms with E-state index < -0.39 is 19.8 Å². The number of rotatable bonds is 1. The number of hydrogen-bond donors (Lipinski definition) is 1. The second-order valence-corrected chi connectivity index (χ2v) is 4.77. The summed E-state index contributed by atoms with van der Waals surface area (Å²) in [7, 11) is 0.898. The molecule has 0 aliphatic rings. The first-order chi connectivity index (χ1) is 5.43. The fourth-order valence-corrected chi connectivity index (χ4v) is 1.66. The van der Waals surface area contributed by atoms with E-state index in [9.17, 15) is 8.42 Å². The van der Waals surface area contributed by atoms with Crippen molar-refractivity contribution in [2.45, 2.75) is 5.03 Å². The first-order valence-electron chi connectivity index (χ1n) is 2.71. The minimum Gasteiger partial charge on any atom is -0.504 e. The molecule has 7 heteroatoms. The summed E-state index contributed by atoms with van der Waals surface area (Å²) in [5, 5.41) is 8.34. The van der Waals surface area contributed by atoms with Gasteiger partial charge in [0.05, 0.1) is 5.02 Å². The molecule has 1 heterocycles. The average molecular weight is 228 g/mol. The van der Waals surface area contributed by atoms with Crippen LogP contribution in [0.5, 0.6) is 5.75 Å². The third-order valence-corrected chi connectivity index (χ3v) is 2.58. The van der Waals surface area contributed by atoms with Crippen molar-refractivity contribution in [3.8, 4) is 5.75 Å². The van der Waals surface area contributed by atoms with Crippen LogP contribution in [-0.4, -0.2) is 18.5 Å². The molecule has 12 heavy (non-hydrogen) atoms. The van der Waals surface area contributed by atoms with Gasteiger partial charge in [0.1, 0.15) is 0 Å². The summed E-state index contributed by atoms with van der Waals surface area (Å²) in [6.07, 6.45) is 1.14. The van der Waals surface area contributed by atoms with Crippen LogP contribution in [0.3, 0.4) is 0 Å². The predicted molar refractivity (Wildman–Crippen MR) is 44.0 cm³/mol. The van der Waals surface area contributed by atoms with Gasteiger partial charge in [0.2, 0.25) is 5.03 Å². The van der Waals surface area contributed by atoms with Crippen LogP contribution >= 0.6 is 22.3 Å². The molecule has 0 bridgehead atoms. The van der Waals surface area contributed by atoms with Crippen molar-refractivity contribution in [1.29, 1.82) is 0 Å². The topological polar surface area (TPSA) is 67.3 Å². The van der Waals surface area contributed by atoms with Gasteiger partial charge in [0.25, 0.3) is 9.05 Å². The average Bonchev–Trinajstić information content (AvgIpc) is 1.92. The Kier molecular flexibility index (Phi) is 2.46. The first kappa shape index (κ1) is 9.57. The van der Waals surface area contributed by atoms with Crippen LogP contribution in [0.25, 0.3) is 0 Å². The third kappa shape index (κ3) is 1.80. The molecule has 0 unspecified atom stereocenters. The van der Waals surface area contributed by atoms with Gasteiger partial charge in [-0.3, -0.25) is 0 Å². The van der Waals surface area contributed by atoms with Gasteiger partial charge in [-0.15, -0.1) is 0 Å². The van der Waals surface area contributed by atoms with Gasteiger partial charge in [0.15, 0.2) is 5.75 Å². The summed E-state index contributed by atoms with van der Waals surface area (Å²) in [5.74, 6) is -0.630. The van der Waals surface area contributed by atoms with Gasteiger partial charge in [-0.25, -0.2) is 13.4 Å². The highest BCUT2D eigenvalue weighted by atomic mass is 35.7. The molecule has 66 valence electrons. The van der Waals surface area contributed by atoms with E-state index in [1.54, 1.807) is 0 Å². The van der Waals surface area contributed by atoms with E-state index in [1.165, 1.54) is 6.07 Å². The van der Waals surface area contributed by atoms with Crippen LogP contribution in [0.4, 0.5) is 0 Å². The van der Waals surface area contributed by atoms with Gasteiger partial charge in [0, 0.05) is 16.9 Å². The number of pyridine rings is 1. The van der Waals surface area contributed by atoms with Gasteiger partial charge in [-0.2, -0.15) is 0 Å². The molecule has 1 N–H and O–H groups in total. The summed E-state index contributed by atoms with van der Waals surface area (Å²) in [6.45, 7) is 0. The van der Waals surface area contributed by atoms with Crippen LogP contribution in [0.1, 0.15) is 0 Å². The Bertz CT molecular complexity index is 403. The van der Waals surface area contributed by atoms with Gasteiger partial charge < -0.3 is 5.11 Å². The molecule has 1 aromatic heterocycles. The summed E-state index contributed by atoms with van der Waals surface area (Å²) >= 11 is 5.41. The van der Waals surface area contributed by atoms with Crippen LogP contribution < -0.4 is 0 Å². The Morgan fingerprint density at radius 1 is 1.50 bits per heavy atom. The maximum atomic E-state index is 10.7. The molecule has 0 aliphatic carbocycles. The zero-order valence-corrected chi connectivity index (χ0v) is 7.86. The van der Waals surface area contributed by atoms with Crippen molar-refractivity contribution >= 4 is 31.3 Å². The van der Waals surface area contributed by atoms with Gasteiger partial charge in [-0.05, 0) is 6.07 Å². The van der Waals surface area contributed by atoms with Crippen LogP contribution in [0.15, 0.2) is 17.3 Å². The zero-order valence-electron chi connectivity index (χ0n) is 5.53. The smallest absolute Gasteiger partial charge is 0.282 e. The van der Waals surface area contributed by atoms with E-state index in [2.05, 4.69) is 4.98 Å². The molecule has 1 rings (SSSR count). The fourth-order valence-electron chi connectivity index (χ4n) is 0.591. The van der Waals surface area contributed by atoms with Crippen molar-refractivity contribution in [2.75, 3.05) is 0 Å². The second kappa shape index (κ2) is 3.08. The van der Waals surface area contributed by atoms with Crippen molar-refractivity contribution in [2.24, 2.45) is 0 Å². The molecule has 0 atom stereocenters. The van der Waals surface area contributed by atoms with Gasteiger partial charge >= 0.3 is 0 Å². The van der Waals surface area contributed by atoms with Crippen molar-refractivity contribution in [3.05, 3.63) is 17.3 Å². The minimum atomic E-state index is -4.03. The Hall–Kier alpha value is -0.520. The number of hydrogen-bond acceptors (Lipinski definition) is 4. The molecule has 0 fully saturated rings. The molecule has 0 amide bonds. The summed E-state index contributed by atoms with van der Waals surface area (Å²) in [6, 6.07) is 1.25. The lowest BCUT2D eigenvalue weighted by Gasteiger charge is -1.99. The van der Waals surface area contributed by atoms with E-state index in [0.29, 0.717) is 0 Å². The molecule has 4 nitrogen and oxygen atoms in total. The molecule has 0 spiro atoms. The van der Waals surface area contributed by atoms with Crippen LogP contribution in [0.2, 0.25) is 5.02 Å². The first-order valence-corrected chi connectivity index (χ1v) is 5.40. The maximum absolute atomic E-state index is 10.7. The molecule has 1 aromatic rings. The predicted octanol–water partition coefficient (Wildman–Crippen LogP) is 1.37. The largest absolute Gasteiger partial charge is 0.504 e. The molecule has 0 aliphatic heterocycles. The molecular formula is C5H3Cl2NO3S. The van der Waals surface area contributed by atoms with E-state index in [0.717, 1.165) is 6.20 Å². The lowest BCUT2D eigenvalue weighted by molar-refractivity contribution is 0.453. The minimum absolute atomic E-state index is 0.107. The maximum Gasteiger partial charge on any atom is 0.282 e. The monoisotopic (exact) mass is 227 g/mol. The normalized spacial score (nSPS) is 11.5. The zero-order chi connectivity index (χ0) is 9.35. The molecule has 0 saturated heterocycles. The Labute approximate surface area is 78.2 Å². The number of nitrogens with zero attached hydrogens (tertiary/aromatic N) is 1. The van der Waals surface area contributed by atoms with Crippen molar-refractivity contribution < 1.29 is 13.5 Å². The summed E-state index contributed by atoms with van der Waals surface area (Å²) in [4.78, 5) is 3.36. The Morgan fingerprint density at radius 2 is 2.08 bits per heavy atom. The highest BCUT2D eigenvalue weighted by Crippen LogP contribution is 2.30. The summed E-state index contributed by atoms with van der Waals surface area (Å²) < 4.78 is 21.4. The SMILES string of the molecule is O=S(=O)(Cl)c1nccc(Cl)c1O. The Morgan fingerprint density at radius 3 is 2.50 bits per heavy atom. The van der Waals surface area contributed by atoms with E-state index >= 15 is 0 Å². The lowest BCUT2D eigenvalue weighted by atomic mass is 10.5. The van der Waals surface area contributed by atoms with Crippen LogP contribution in [0, 0.1) is 0 Å². The van der Waals surface area contributed by atoms with Gasteiger partial charge in [-0.1, -0.05) is 11.6 Å². The quantitative estimate of drug-likeness (QED) is 0.737. The van der Waals surface area contributed by atoms with E-state index in [4.69, 9.17) is 27.4 Å². The standard InChI is InChI=1S/C5H3Cl2NO3S/c6-3-1-2-8-5(4(3)9)12(7,10)11/h1-2,9H. The highest BCUT2D eigenvalue weighted by Gasteiger charge is 2.18. The fraction of sp³-hybridized carbons (Fsp3) is 0. The number of halogens is 2. The van der Waals surface area contributed by atoms with E-state index in [-0.39, 0.29) is 5.02 Å². The molecule has 0 aromatic carbocycles. The molecule has 0 saturated carbocycles. The lowest BCUT2D eigenvalue weighted by Crippen LogP contribution is -1.94. The Balaban J connectivity index is 3.47. The third-order valence-electron chi connectivity index (χ3n) is 1.07. The number of aromatic nitrogens is 1. The summed E-state index contributed by atoms with van der Waals surface area (Å²) in [5.41, 5.74) is 0. The van der Waals surface area contributed by atoms with E-state index in [1.807, 2.05) is 0 Å². The molecule has 0 radical (unpaired) electrons. The van der Waals surface area contributed by atoms with Crippen molar-refractivity contribution in [1.82, 2.24) is 4.98 Å². The van der Waals surface area contributed by atoms with Crippen molar-refractivity contribution in [3.63, 3.8) is 0 Å². The number of aromatic hydroxyl groups is 1. The van der Waals surface area contributed by atoms with Crippen LogP contribution in [-0.2, 0) is 9.05 Å².